The molecule has 1 aromatic heterocycles. The number of nitro groups is 1. The van der Waals surface area contributed by atoms with Crippen LogP contribution in [0.25, 0.3) is 0 Å². The lowest BCUT2D eigenvalue weighted by atomic mass is 10.3. The van der Waals surface area contributed by atoms with E-state index in [0.717, 1.165) is 6.07 Å². The largest absolute Gasteiger partial charge is 0.305 e. The zero-order chi connectivity index (χ0) is 14.8. The number of hydrogen-bond acceptors (Lipinski definition) is 6. The van der Waals surface area contributed by atoms with Gasteiger partial charge < -0.3 is 4.90 Å². The SMILES string of the molecule is CC(CNS(=O)(=O)c1cc([N+](=O)[O-])c(Cl)s1)N(C)C. The van der Waals surface area contributed by atoms with Gasteiger partial charge in [-0.25, -0.2) is 13.1 Å². The van der Waals surface area contributed by atoms with Gasteiger partial charge in [0.1, 0.15) is 4.21 Å². The Labute approximate surface area is 120 Å². The summed E-state index contributed by atoms with van der Waals surface area (Å²) in [5.41, 5.74) is -0.396. The molecule has 1 N–H and O–H groups in total. The van der Waals surface area contributed by atoms with Crippen molar-refractivity contribution in [1.82, 2.24) is 9.62 Å². The maximum absolute atomic E-state index is 11.9. The summed E-state index contributed by atoms with van der Waals surface area (Å²) < 4.78 is 26.0. The van der Waals surface area contributed by atoms with Gasteiger partial charge in [-0.2, -0.15) is 0 Å². The Morgan fingerprint density at radius 1 is 1.58 bits per heavy atom. The highest BCUT2D eigenvalue weighted by atomic mass is 35.5. The van der Waals surface area contributed by atoms with Crippen LogP contribution in [-0.2, 0) is 10.0 Å². The van der Waals surface area contributed by atoms with Crippen molar-refractivity contribution in [3.8, 4) is 0 Å². The van der Waals surface area contributed by atoms with E-state index in [9.17, 15) is 18.5 Å². The zero-order valence-corrected chi connectivity index (χ0v) is 13.0. The molecular weight excluding hydrogens is 314 g/mol. The topological polar surface area (TPSA) is 92.5 Å². The second kappa shape index (κ2) is 6.14. The lowest BCUT2D eigenvalue weighted by molar-refractivity contribution is -0.384. The number of hydrogen-bond donors (Lipinski definition) is 1. The van der Waals surface area contributed by atoms with Crippen molar-refractivity contribution in [3.63, 3.8) is 0 Å². The summed E-state index contributed by atoms with van der Waals surface area (Å²) in [5, 5.41) is 10.6. The summed E-state index contributed by atoms with van der Waals surface area (Å²) in [6, 6.07) is 0.968. The van der Waals surface area contributed by atoms with Crippen LogP contribution in [0, 0.1) is 10.1 Å². The molecule has 0 amide bonds. The molecule has 0 aliphatic heterocycles. The number of nitrogens with zero attached hydrogens (tertiary/aromatic N) is 2. The number of thiophene rings is 1. The van der Waals surface area contributed by atoms with Crippen molar-refractivity contribution < 1.29 is 13.3 Å². The predicted octanol–water partition coefficient (Wildman–Crippen LogP) is 1.54. The zero-order valence-electron chi connectivity index (χ0n) is 10.6. The summed E-state index contributed by atoms with van der Waals surface area (Å²) in [5.74, 6) is 0. The average Bonchev–Trinajstić information content (AvgIpc) is 2.69. The molecular formula is C9H14ClN3O4S2. The maximum Gasteiger partial charge on any atom is 0.300 e. The predicted molar refractivity (Wildman–Crippen MR) is 74.3 cm³/mol. The number of halogens is 1. The highest BCUT2D eigenvalue weighted by Gasteiger charge is 2.25. The van der Waals surface area contributed by atoms with Crippen molar-refractivity contribution in [2.24, 2.45) is 0 Å². The Bertz CT molecular complexity index is 570. The summed E-state index contributed by atoms with van der Waals surface area (Å²) in [7, 11) is -0.121. The number of sulfonamides is 1. The van der Waals surface area contributed by atoms with E-state index < -0.39 is 20.6 Å². The van der Waals surface area contributed by atoms with Crippen molar-refractivity contribution in [1.29, 1.82) is 0 Å². The molecule has 19 heavy (non-hydrogen) atoms. The van der Waals surface area contributed by atoms with E-state index in [-0.39, 0.29) is 21.1 Å². The van der Waals surface area contributed by atoms with Crippen molar-refractivity contribution in [3.05, 3.63) is 20.5 Å². The van der Waals surface area contributed by atoms with E-state index in [0.29, 0.717) is 11.3 Å². The van der Waals surface area contributed by atoms with Gasteiger partial charge in [0.15, 0.2) is 4.34 Å². The van der Waals surface area contributed by atoms with E-state index in [2.05, 4.69) is 4.72 Å². The van der Waals surface area contributed by atoms with Gasteiger partial charge in [0.25, 0.3) is 5.69 Å². The molecule has 7 nitrogen and oxygen atoms in total. The molecule has 10 heteroatoms. The first-order valence-electron chi connectivity index (χ1n) is 5.25. The third kappa shape index (κ3) is 4.11. The Morgan fingerprint density at radius 3 is 2.58 bits per heavy atom. The van der Waals surface area contributed by atoms with Gasteiger partial charge in [0, 0.05) is 18.7 Å². The Balaban J connectivity index is 2.89. The van der Waals surface area contributed by atoms with Gasteiger partial charge in [0.2, 0.25) is 10.0 Å². The van der Waals surface area contributed by atoms with Gasteiger partial charge in [-0.3, -0.25) is 10.1 Å². The van der Waals surface area contributed by atoms with Crippen LogP contribution in [0.3, 0.4) is 0 Å². The number of likely N-dealkylation sites (N-methyl/N-ethyl adjacent to an activating group) is 1. The van der Waals surface area contributed by atoms with Crippen LogP contribution in [0.15, 0.2) is 10.3 Å². The summed E-state index contributed by atoms with van der Waals surface area (Å²) in [6.07, 6.45) is 0. The van der Waals surface area contributed by atoms with Crippen LogP contribution < -0.4 is 4.72 Å². The minimum atomic E-state index is -3.77. The van der Waals surface area contributed by atoms with Crippen molar-refractivity contribution in [2.45, 2.75) is 17.2 Å². The van der Waals surface area contributed by atoms with E-state index in [1.807, 2.05) is 25.9 Å². The molecule has 1 atom stereocenters. The first-order valence-corrected chi connectivity index (χ1v) is 7.92. The standard InChI is InChI=1S/C9H14ClN3O4S2/c1-6(12(2)3)5-11-19(16,17)8-4-7(13(14)15)9(10)18-8/h4,6,11H,5H2,1-3H3. The molecule has 0 radical (unpaired) electrons. The fourth-order valence-corrected chi connectivity index (χ4v) is 3.91. The van der Waals surface area contributed by atoms with Crippen LogP contribution >= 0.6 is 22.9 Å². The molecule has 0 fully saturated rings. The molecule has 0 spiro atoms. The molecule has 0 aliphatic carbocycles. The Hall–Kier alpha value is -0.740. The maximum atomic E-state index is 11.9. The molecule has 1 heterocycles. The fraction of sp³-hybridized carbons (Fsp3) is 0.556. The van der Waals surface area contributed by atoms with Gasteiger partial charge in [0.05, 0.1) is 4.92 Å². The van der Waals surface area contributed by atoms with E-state index in [1.165, 1.54) is 0 Å². The molecule has 0 aromatic carbocycles. The Kier molecular flexibility index (Phi) is 5.27. The van der Waals surface area contributed by atoms with Gasteiger partial charge >= 0.3 is 0 Å². The lowest BCUT2D eigenvalue weighted by Gasteiger charge is -2.19. The monoisotopic (exact) mass is 327 g/mol. The summed E-state index contributed by atoms with van der Waals surface area (Å²) in [6.45, 7) is 2.06. The van der Waals surface area contributed by atoms with Crippen LogP contribution in [0.4, 0.5) is 5.69 Å². The molecule has 0 bridgehead atoms. The molecule has 1 unspecified atom stereocenters. The highest BCUT2D eigenvalue weighted by molar-refractivity contribution is 7.91. The molecule has 0 aliphatic rings. The summed E-state index contributed by atoms with van der Waals surface area (Å²) in [4.78, 5) is 11.8. The minimum absolute atomic E-state index is 0.000181. The second-order valence-corrected chi connectivity index (χ2v) is 7.79. The van der Waals surface area contributed by atoms with Crippen LogP contribution in [-0.4, -0.2) is 44.9 Å². The quantitative estimate of drug-likeness (QED) is 0.632. The van der Waals surface area contributed by atoms with Crippen LogP contribution in [0.1, 0.15) is 6.92 Å². The number of rotatable bonds is 6. The normalized spacial score (nSPS) is 13.7. The highest BCUT2D eigenvalue weighted by Crippen LogP contribution is 2.35. The van der Waals surface area contributed by atoms with E-state index >= 15 is 0 Å². The van der Waals surface area contributed by atoms with E-state index in [1.54, 1.807) is 0 Å². The van der Waals surface area contributed by atoms with E-state index in [4.69, 9.17) is 11.6 Å². The van der Waals surface area contributed by atoms with Crippen molar-refractivity contribution >= 4 is 38.6 Å². The van der Waals surface area contributed by atoms with Gasteiger partial charge in [-0.1, -0.05) is 11.6 Å². The van der Waals surface area contributed by atoms with Crippen LogP contribution in [0.5, 0.6) is 0 Å². The molecule has 1 aromatic rings. The first kappa shape index (κ1) is 16.3. The number of nitrogens with one attached hydrogen (secondary N) is 1. The summed E-state index contributed by atoms with van der Waals surface area (Å²) >= 11 is 6.30. The minimum Gasteiger partial charge on any atom is -0.305 e. The van der Waals surface area contributed by atoms with Gasteiger partial charge in [-0.15, -0.1) is 11.3 Å². The third-order valence-electron chi connectivity index (χ3n) is 2.56. The molecule has 0 saturated heterocycles. The fourth-order valence-electron chi connectivity index (χ4n) is 1.08. The molecule has 0 saturated carbocycles. The Morgan fingerprint density at radius 2 is 2.16 bits per heavy atom. The molecule has 1 rings (SSSR count). The van der Waals surface area contributed by atoms with Crippen LogP contribution in [0.2, 0.25) is 4.34 Å². The average molecular weight is 328 g/mol. The van der Waals surface area contributed by atoms with Gasteiger partial charge in [-0.05, 0) is 21.0 Å². The third-order valence-corrected chi connectivity index (χ3v) is 5.79. The smallest absolute Gasteiger partial charge is 0.300 e. The first-order chi connectivity index (χ1) is 8.65. The molecule has 108 valence electrons. The van der Waals surface area contributed by atoms with Crippen molar-refractivity contribution in [2.75, 3.05) is 20.6 Å². The lowest BCUT2D eigenvalue weighted by Crippen LogP contribution is -2.37. The second-order valence-electron chi connectivity index (χ2n) is 4.15.